The van der Waals surface area contributed by atoms with Crippen LogP contribution in [0.5, 0.6) is 0 Å². The third-order valence-electron chi connectivity index (χ3n) is 4.86. The Morgan fingerprint density at radius 1 is 1.15 bits per heavy atom. The molecule has 1 aromatic heterocycles. The Bertz CT molecular complexity index is 1100. The van der Waals surface area contributed by atoms with Crippen LogP contribution in [0.1, 0.15) is 24.8 Å². The van der Waals surface area contributed by atoms with Crippen molar-refractivity contribution in [3.8, 4) is 0 Å². The van der Waals surface area contributed by atoms with E-state index in [1.54, 1.807) is 18.2 Å². The van der Waals surface area contributed by atoms with Gasteiger partial charge < -0.3 is 0 Å². The zero-order valence-corrected chi connectivity index (χ0v) is 15.7. The zero-order chi connectivity index (χ0) is 18.7. The molecule has 0 amide bonds. The molecule has 0 aliphatic heterocycles. The first-order valence-corrected chi connectivity index (χ1v) is 10.3. The van der Waals surface area contributed by atoms with Gasteiger partial charge in [0.05, 0.1) is 14.6 Å². The first-order valence-electron chi connectivity index (χ1n) is 8.03. The van der Waals surface area contributed by atoms with Gasteiger partial charge in [0.25, 0.3) is 0 Å². The molecule has 4 nitrogen and oxygen atoms in total. The molecule has 0 radical (unpaired) electrons. The Morgan fingerprint density at radius 3 is 2.54 bits per heavy atom. The van der Waals surface area contributed by atoms with Crippen LogP contribution in [0.3, 0.4) is 0 Å². The van der Waals surface area contributed by atoms with Crippen molar-refractivity contribution in [3.05, 3.63) is 59.1 Å². The SMILES string of the molecule is CC1(C)[C@H](NS(=O)(=O)c2ccccc2)[C@@H]1c1nc2c(F)cc(F)cc2s1. The van der Waals surface area contributed by atoms with Gasteiger partial charge in [-0.25, -0.2) is 26.9 Å². The highest BCUT2D eigenvalue weighted by molar-refractivity contribution is 7.89. The number of hydrogen-bond acceptors (Lipinski definition) is 4. The maximum absolute atomic E-state index is 13.9. The van der Waals surface area contributed by atoms with Crippen LogP contribution in [0.15, 0.2) is 47.4 Å². The van der Waals surface area contributed by atoms with Crippen molar-refractivity contribution in [2.24, 2.45) is 5.41 Å². The van der Waals surface area contributed by atoms with E-state index in [0.717, 1.165) is 6.07 Å². The second kappa shape index (κ2) is 5.80. The van der Waals surface area contributed by atoms with Gasteiger partial charge in [0.1, 0.15) is 11.3 Å². The van der Waals surface area contributed by atoms with Gasteiger partial charge in [-0.05, 0) is 23.6 Å². The fourth-order valence-corrected chi connectivity index (χ4v) is 6.03. The number of thiazole rings is 1. The minimum absolute atomic E-state index is 0.124. The van der Waals surface area contributed by atoms with Gasteiger partial charge in [-0.2, -0.15) is 0 Å². The van der Waals surface area contributed by atoms with Gasteiger partial charge in [0.15, 0.2) is 5.82 Å². The second-order valence-electron chi connectivity index (χ2n) is 7.00. The molecule has 0 spiro atoms. The van der Waals surface area contributed by atoms with Crippen molar-refractivity contribution < 1.29 is 17.2 Å². The molecule has 136 valence electrons. The van der Waals surface area contributed by atoms with Crippen molar-refractivity contribution in [1.82, 2.24) is 9.71 Å². The first-order chi connectivity index (χ1) is 12.2. The first kappa shape index (κ1) is 17.5. The number of halogens is 2. The van der Waals surface area contributed by atoms with Crippen LogP contribution in [0.4, 0.5) is 8.78 Å². The number of sulfonamides is 1. The van der Waals surface area contributed by atoms with Crippen LogP contribution < -0.4 is 4.72 Å². The number of hydrogen-bond donors (Lipinski definition) is 1. The Hall–Kier alpha value is -1.90. The van der Waals surface area contributed by atoms with Crippen LogP contribution >= 0.6 is 11.3 Å². The van der Waals surface area contributed by atoms with Crippen LogP contribution in [-0.2, 0) is 10.0 Å². The molecule has 3 aromatic rings. The van der Waals surface area contributed by atoms with Crippen molar-refractivity contribution in [2.45, 2.75) is 30.7 Å². The average molecular weight is 394 g/mol. The number of benzene rings is 2. The van der Waals surface area contributed by atoms with Gasteiger partial charge in [0, 0.05) is 18.0 Å². The van der Waals surface area contributed by atoms with E-state index in [2.05, 4.69) is 9.71 Å². The standard InChI is InChI=1S/C18H16F2N2O2S2/c1-18(2)14(16(18)22-26(23,24)11-6-4-3-5-7-11)17-21-15-12(20)8-10(19)9-13(15)25-17/h3-9,14,16,22H,1-2H3/t14-,16-/m1/s1. The van der Waals surface area contributed by atoms with Crippen molar-refractivity contribution in [1.29, 1.82) is 0 Å². The third kappa shape index (κ3) is 2.82. The molecule has 1 saturated carbocycles. The zero-order valence-electron chi connectivity index (χ0n) is 14.0. The highest BCUT2D eigenvalue weighted by Gasteiger charge is 2.61. The molecule has 0 unspecified atom stereocenters. The lowest BCUT2D eigenvalue weighted by molar-refractivity contribution is 0.552. The summed E-state index contributed by atoms with van der Waals surface area (Å²) in [6.07, 6.45) is 0. The summed E-state index contributed by atoms with van der Waals surface area (Å²) < 4.78 is 55.6. The van der Waals surface area contributed by atoms with E-state index in [-0.39, 0.29) is 27.8 Å². The molecule has 1 aliphatic rings. The van der Waals surface area contributed by atoms with E-state index in [1.165, 1.54) is 29.5 Å². The molecular formula is C18H16F2N2O2S2. The summed E-state index contributed by atoms with van der Waals surface area (Å²) in [6.45, 7) is 3.86. The van der Waals surface area contributed by atoms with Crippen molar-refractivity contribution in [3.63, 3.8) is 0 Å². The Morgan fingerprint density at radius 2 is 1.85 bits per heavy atom. The predicted molar refractivity (Wildman–Crippen MR) is 96.6 cm³/mol. The predicted octanol–water partition coefficient (Wildman–Crippen LogP) is 4.05. The van der Waals surface area contributed by atoms with Crippen LogP contribution in [0.2, 0.25) is 0 Å². The second-order valence-corrected chi connectivity index (χ2v) is 9.77. The van der Waals surface area contributed by atoms with E-state index >= 15 is 0 Å². The molecule has 8 heteroatoms. The Labute approximate surface area is 153 Å². The summed E-state index contributed by atoms with van der Waals surface area (Å²) in [5.41, 5.74) is -0.246. The highest BCUT2D eigenvalue weighted by atomic mass is 32.2. The molecule has 1 aliphatic carbocycles. The molecule has 4 rings (SSSR count). The summed E-state index contributed by atoms with van der Waals surface area (Å²) in [6, 6.07) is 9.82. The Balaban J connectivity index is 1.66. The number of rotatable bonds is 4. The monoisotopic (exact) mass is 394 g/mol. The quantitative estimate of drug-likeness (QED) is 0.726. The summed E-state index contributed by atoms with van der Waals surface area (Å²) >= 11 is 1.20. The lowest BCUT2D eigenvalue weighted by Gasteiger charge is -2.07. The largest absolute Gasteiger partial charge is 0.240 e. The number of nitrogens with one attached hydrogen (secondary N) is 1. The molecular weight excluding hydrogens is 378 g/mol. The molecule has 0 bridgehead atoms. The van der Waals surface area contributed by atoms with Crippen LogP contribution in [-0.4, -0.2) is 19.4 Å². The van der Waals surface area contributed by atoms with E-state index in [9.17, 15) is 17.2 Å². The summed E-state index contributed by atoms with van der Waals surface area (Å²) in [5, 5.41) is 0.607. The third-order valence-corrected chi connectivity index (χ3v) is 7.40. The average Bonchev–Trinajstić information content (AvgIpc) is 2.91. The van der Waals surface area contributed by atoms with E-state index in [4.69, 9.17) is 0 Å². The minimum Gasteiger partial charge on any atom is -0.238 e. The smallest absolute Gasteiger partial charge is 0.238 e. The van der Waals surface area contributed by atoms with Crippen molar-refractivity contribution in [2.75, 3.05) is 0 Å². The Kier molecular flexibility index (Phi) is 3.91. The number of nitrogens with zero attached hydrogens (tertiary/aromatic N) is 1. The van der Waals surface area contributed by atoms with Gasteiger partial charge in [-0.15, -0.1) is 11.3 Å². The van der Waals surface area contributed by atoms with Crippen LogP contribution in [0, 0.1) is 17.0 Å². The fraction of sp³-hybridized carbons (Fsp3) is 0.278. The minimum atomic E-state index is -3.66. The van der Waals surface area contributed by atoms with Crippen molar-refractivity contribution >= 4 is 31.6 Å². The molecule has 26 heavy (non-hydrogen) atoms. The molecule has 0 saturated heterocycles. The molecule has 1 heterocycles. The molecule has 2 aromatic carbocycles. The normalized spacial score (nSPS) is 21.8. The highest BCUT2D eigenvalue weighted by Crippen LogP contribution is 2.60. The van der Waals surface area contributed by atoms with E-state index in [1.807, 2.05) is 13.8 Å². The fourth-order valence-electron chi connectivity index (χ4n) is 3.26. The van der Waals surface area contributed by atoms with E-state index < -0.39 is 21.7 Å². The van der Waals surface area contributed by atoms with Gasteiger partial charge in [-0.3, -0.25) is 0 Å². The molecule has 1 fully saturated rings. The number of aromatic nitrogens is 1. The van der Waals surface area contributed by atoms with Gasteiger partial charge in [0.2, 0.25) is 10.0 Å². The van der Waals surface area contributed by atoms with Gasteiger partial charge in [-0.1, -0.05) is 32.0 Å². The lowest BCUT2D eigenvalue weighted by atomic mass is 10.1. The maximum atomic E-state index is 13.9. The lowest BCUT2D eigenvalue weighted by Crippen LogP contribution is -2.29. The summed E-state index contributed by atoms with van der Waals surface area (Å²) in [4.78, 5) is 4.50. The molecule has 1 N–H and O–H groups in total. The van der Waals surface area contributed by atoms with Crippen LogP contribution in [0.25, 0.3) is 10.2 Å². The summed E-state index contributed by atoms with van der Waals surface area (Å²) in [7, 11) is -3.66. The van der Waals surface area contributed by atoms with E-state index in [0.29, 0.717) is 9.71 Å². The maximum Gasteiger partial charge on any atom is 0.240 e. The number of fused-ring (bicyclic) bond motifs is 1. The summed E-state index contributed by atoms with van der Waals surface area (Å²) in [5.74, 6) is -1.55. The molecule has 2 atom stereocenters. The topological polar surface area (TPSA) is 59.1 Å². The van der Waals surface area contributed by atoms with Gasteiger partial charge >= 0.3 is 0 Å².